The first kappa shape index (κ1) is 13.6. The van der Waals surface area contributed by atoms with Crippen LogP contribution in [-0.4, -0.2) is 32.7 Å². The molecule has 104 valence electrons. The molecule has 2 N–H and O–H groups in total. The van der Waals surface area contributed by atoms with E-state index in [0.29, 0.717) is 18.9 Å². The quantitative estimate of drug-likeness (QED) is 0.468. The largest absolute Gasteiger partial charge is 0.492 e. The molecule has 0 radical (unpaired) electrons. The maximum Gasteiger partial charge on any atom is 0.191 e. The van der Waals surface area contributed by atoms with E-state index >= 15 is 0 Å². The molecule has 1 aromatic carbocycles. The second kappa shape index (κ2) is 6.97. The number of ether oxygens (including phenoxy) is 1. The van der Waals surface area contributed by atoms with Crippen LogP contribution < -0.4 is 15.4 Å². The van der Waals surface area contributed by atoms with Gasteiger partial charge in [0.2, 0.25) is 0 Å². The third-order valence-corrected chi connectivity index (χ3v) is 2.94. The molecular weight excluding hydrogens is 245 g/mol. The Hall–Kier alpha value is -1.78. The van der Waals surface area contributed by atoms with Gasteiger partial charge < -0.3 is 15.4 Å². The molecular formula is C14H20FN3O. The van der Waals surface area contributed by atoms with Crippen molar-refractivity contribution in [2.75, 3.05) is 26.7 Å². The van der Waals surface area contributed by atoms with Crippen molar-refractivity contribution in [3.8, 4) is 5.75 Å². The molecule has 0 amide bonds. The first-order valence-corrected chi connectivity index (χ1v) is 6.61. The van der Waals surface area contributed by atoms with Crippen molar-refractivity contribution in [3.05, 3.63) is 30.1 Å². The average molecular weight is 265 g/mol. The summed E-state index contributed by atoms with van der Waals surface area (Å²) in [5.74, 6) is 1.85. The van der Waals surface area contributed by atoms with Gasteiger partial charge in [0.1, 0.15) is 18.2 Å². The van der Waals surface area contributed by atoms with Gasteiger partial charge in [0.25, 0.3) is 0 Å². The lowest BCUT2D eigenvalue weighted by molar-refractivity contribution is 0.320. The monoisotopic (exact) mass is 265 g/mol. The number of halogens is 1. The molecule has 1 aromatic rings. The molecule has 1 aliphatic carbocycles. The molecule has 0 saturated heterocycles. The summed E-state index contributed by atoms with van der Waals surface area (Å²) in [4.78, 5) is 4.13. The summed E-state index contributed by atoms with van der Waals surface area (Å²) >= 11 is 0. The number of guanidine groups is 1. The molecule has 2 rings (SSSR count). The normalized spacial score (nSPS) is 15.2. The van der Waals surface area contributed by atoms with E-state index in [1.165, 1.54) is 25.0 Å². The Bertz CT molecular complexity index is 432. The van der Waals surface area contributed by atoms with Crippen molar-refractivity contribution in [1.29, 1.82) is 0 Å². The fourth-order valence-electron chi connectivity index (χ4n) is 1.68. The van der Waals surface area contributed by atoms with Crippen LogP contribution in [0.25, 0.3) is 0 Å². The lowest BCUT2D eigenvalue weighted by Crippen LogP contribution is -2.40. The van der Waals surface area contributed by atoms with Gasteiger partial charge in [0.15, 0.2) is 5.96 Å². The van der Waals surface area contributed by atoms with Crippen LogP contribution in [0.2, 0.25) is 0 Å². The highest BCUT2D eigenvalue weighted by Crippen LogP contribution is 2.27. The molecule has 1 saturated carbocycles. The smallest absolute Gasteiger partial charge is 0.191 e. The van der Waals surface area contributed by atoms with Gasteiger partial charge in [-0.1, -0.05) is 6.07 Å². The topological polar surface area (TPSA) is 45.7 Å². The molecule has 0 aliphatic heterocycles. The van der Waals surface area contributed by atoms with E-state index < -0.39 is 0 Å². The van der Waals surface area contributed by atoms with Gasteiger partial charge in [-0.2, -0.15) is 0 Å². The summed E-state index contributed by atoms with van der Waals surface area (Å²) in [6.45, 7) is 2.07. The molecule has 19 heavy (non-hydrogen) atoms. The van der Waals surface area contributed by atoms with E-state index in [9.17, 15) is 4.39 Å². The Labute approximate surface area is 113 Å². The van der Waals surface area contributed by atoms with E-state index in [1.807, 2.05) is 0 Å². The molecule has 0 aromatic heterocycles. The SMILES string of the molecule is CN=C(NCCOc1cccc(F)c1)NCC1CC1. The molecule has 0 atom stereocenters. The Kier molecular flexibility index (Phi) is 5.01. The number of nitrogens with one attached hydrogen (secondary N) is 2. The number of nitrogens with zero attached hydrogens (tertiary/aromatic N) is 1. The van der Waals surface area contributed by atoms with Gasteiger partial charge in [-0.3, -0.25) is 4.99 Å². The predicted octanol–water partition coefficient (Wildman–Crippen LogP) is 1.78. The first-order chi connectivity index (χ1) is 9.28. The number of benzene rings is 1. The zero-order valence-corrected chi connectivity index (χ0v) is 11.2. The third kappa shape index (κ3) is 5.16. The lowest BCUT2D eigenvalue weighted by atomic mass is 10.3. The molecule has 0 heterocycles. The van der Waals surface area contributed by atoms with Crippen molar-refractivity contribution in [2.45, 2.75) is 12.8 Å². The van der Waals surface area contributed by atoms with Crippen LogP contribution >= 0.6 is 0 Å². The summed E-state index contributed by atoms with van der Waals surface area (Å²) in [5.41, 5.74) is 0. The molecule has 4 nitrogen and oxygen atoms in total. The van der Waals surface area contributed by atoms with Crippen molar-refractivity contribution in [1.82, 2.24) is 10.6 Å². The number of hydrogen-bond acceptors (Lipinski definition) is 2. The van der Waals surface area contributed by atoms with E-state index in [1.54, 1.807) is 19.2 Å². The summed E-state index contributed by atoms with van der Waals surface area (Å²) in [5, 5.41) is 6.42. The minimum absolute atomic E-state index is 0.285. The molecule has 1 fully saturated rings. The summed E-state index contributed by atoms with van der Waals surface area (Å²) < 4.78 is 18.4. The van der Waals surface area contributed by atoms with Gasteiger partial charge in [-0.05, 0) is 30.9 Å². The van der Waals surface area contributed by atoms with Crippen molar-refractivity contribution in [2.24, 2.45) is 10.9 Å². The Morgan fingerprint density at radius 3 is 2.95 bits per heavy atom. The Morgan fingerprint density at radius 2 is 2.26 bits per heavy atom. The molecule has 0 spiro atoms. The minimum Gasteiger partial charge on any atom is -0.492 e. The number of rotatable bonds is 6. The van der Waals surface area contributed by atoms with Gasteiger partial charge in [0.05, 0.1) is 6.54 Å². The van der Waals surface area contributed by atoms with Crippen molar-refractivity contribution >= 4 is 5.96 Å². The molecule has 0 bridgehead atoms. The Morgan fingerprint density at radius 1 is 1.42 bits per heavy atom. The van der Waals surface area contributed by atoms with Crippen LogP contribution in [0.15, 0.2) is 29.3 Å². The summed E-state index contributed by atoms with van der Waals surface area (Å²) in [6.07, 6.45) is 2.62. The van der Waals surface area contributed by atoms with Crippen molar-refractivity contribution in [3.63, 3.8) is 0 Å². The van der Waals surface area contributed by atoms with E-state index in [0.717, 1.165) is 18.4 Å². The Balaban J connectivity index is 1.62. The zero-order chi connectivity index (χ0) is 13.5. The van der Waals surface area contributed by atoms with E-state index in [2.05, 4.69) is 15.6 Å². The fourth-order valence-corrected chi connectivity index (χ4v) is 1.68. The van der Waals surface area contributed by atoms with Crippen LogP contribution in [0.5, 0.6) is 5.75 Å². The zero-order valence-electron chi connectivity index (χ0n) is 11.2. The second-order valence-corrected chi connectivity index (χ2v) is 4.63. The van der Waals surface area contributed by atoms with Crippen molar-refractivity contribution < 1.29 is 9.13 Å². The number of hydrogen-bond donors (Lipinski definition) is 2. The highest BCUT2D eigenvalue weighted by Gasteiger charge is 2.20. The summed E-state index contributed by atoms with van der Waals surface area (Å²) in [7, 11) is 1.75. The minimum atomic E-state index is -0.285. The maximum absolute atomic E-state index is 12.9. The van der Waals surface area contributed by atoms with Crippen LogP contribution in [0.1, 0.15) is 12.8 Å². The molecule has 1 aliphatic rings. The second-order valence-electron chi connectivity index (χ2n) is 4.63. The number of aliphatic imine (C=N–C) groups is 1. The van der Waals surface area contributed by atoms with Gasteiger partial charge in [0, 0.05) is 19.7 Å². The lowest BCUT2D eigenvalue weighted by Gasteiger charge is -2.12. The van der Waals surface area contributed by atoms with E-state index in [-0.39, 0.29) is 5.82 Å². The standard InChI is InChI=1S/C14H20FN3O/c1-16-14(18-10-11-5-6-11)17-7-8-19-13-4-2-3-12(15)9-13/h2-4,9,11H,5-8,10H2,1H3,(H2,16,17,18). The van der Waals surface area contributed by atoms with Crippen LogP contribution in [0, 0.1) is 11.7 Å². The van der Waals surface area contributed by atoms with Crippen LogP contribution in [0.3, 0.4) is 0 Å². The fraction of sp³-hybridized carbons (Fsp3) is 0.500. The highest BCUT2D eigenvalue weighted by atomic mass is 19.1. The highest BCUT2D eigenvalue weighted by molar-refractivity contribution is 5.79. The van der Waals surface area contributed by atoms with Gasteiger partial charge >= 0.3 is 0 Å². The molecule has 0 unspecified atom stereocenters. The molecule has 5 heteroatoms. The van der Waals surface area contributed by atoms with Gasteiger partial charge in [-0.15, -0.1) is 0 Å². The van der Waals surface area contributed by atoms with Crippen LogP contribution in [0.4, 0.5) is 4.39 Å². The predicted molar refractivity (Wildman–Crippen MR) is 74.0 cm³/mol. The third-order valence-electron chi connectivity index (χ3n) is 2.94. The first-order valence-electron chi connectivity index (χ1n) is 6.61. The summed E-state index contributed by atoms with van der Waals surface area (Å²) in [6, 6.07) is 6.15. The van der Waals surface area contributed by atoms with Gasteiger partial charge in [-0.25, -0.2) is 4.39 Å². The maximum atomic E-state index is 12.9. The average Bonchev–Trinajstić information content (AvgIpc) is 3.22. The van der Waals surface area contributed by atoms with Crippen LogP contribution in [-0.2, 0) is 0 Å². The van der Waals surface area contributed by atoms with E-state index in [4.69, 9.17) is 4.74 Å².